The Bertz CT molecular complexity index is 394. The molecule has 0 bridgehead atoms. The minimum absolute atomic E-state index is 0.303. The summed E-state index contributed by atoms with van der Waals surface area (Å²) in [7, 11) is 2.81. The molecule has 0 amide bonds. The van der Waals surface area contributed by atoms with Crippen molar-refractivity contribution in [3.8, 4) is 0 Å². The maximum Gasteiger partial charge on any atom is 0.0897 e. The molecule has 7 heteroatoms. The van der Waals surface area contributed by atoms with E-state index >= 15 is 0 Å². The lowest BCUT2D eigenvalue weighted by Crippen LogP contribution is -2.30. The average Bonchev–Trinajstić information content (AvgIpc) is 2.59. The molecular formula is C16H29NO5S. The minimum Gasteiger partial charge on any atom is -0.389 e. The van der Waals surface area contributed by atoms with Gasteiger partial charge in [-0.2, -0.15) is 0 Å². The number of hydrogen-bond donors (Lipinski definition) is 2. The van der Waals surface area contributed by atoms with E-state index in [1.165, 1.54) is 5.56 Å². The third kappa shape index (κ3) is 8.12. The lowest BCUT2D eigenvalue weighted by atomic mass is 10.2. The zero-order chi connectivity index (χ0) is 17.0. The predicted octanol–water partition coefficient (Wildman–Crippen LogP) is 2.03. The molecule has 0 aliphatic rings. The van der Waals surface area contributed by atoms with E-state index in [0.29, 0.717) is 25.5 Å². The van der Waals surface area contributed by atoms with Crippen molar-refractivity contribution >= 4 is 10.9 Å². The van der Waals surface area contributed by atoms with Crippen LogP contribution in [0.15, 0.2) is 30.3 Å². The van der Waals surface area contributed by atoms with E-state index in [9.17, 15) is 5.11 Å². The summed E-state index contributed by atoms with van der Waals surface area (Å²) in [4.78, 5) is 0. The highest BCUT2D eigenvalue weighted by molar-refractivity contribution is 8.21. The van der Waals surface area contributed by atoms with Gasteiger partial charge < -0.3 is 15.2 Å². The first-order valence-electron chi connectivity index (χ1n) is 7.64. The Morgan fingerprint density at radius 3 is 2.35 bits per heavy atom. The summed E-state index contributed by atoms with van der Waals surface area (Å²) < 4.78 is 21.3. The van der Waals surface area contributed by atoms with Crippen LogP contribution >= 0.6 is 10.9 Å². The zero-order valence-corrected chi connectivity index (χ0v) is 15.0. The van der Waals surface area contributed by atoms with E-state index in [2.05, 4.69) is 5.32 Å². The van der Waals surface area contributed by atoms with Gasteiger partial charge in [0.1, 0.15) is 0 Å². The molecule has 0 heterocycles. The molecule has 6 nitrogen and oxygen atoms in total. The molecule has 0 saturated heterocycles. The van der Waals surface area contributed by atoms with Gasteiger partial charge in [0.15, 0.2) is 0 Å². The van der Waals surface area contributed by atoms with Gasteiger partial charge in [-0.1, -0.05) is 30.3 Å². The number of hydrogen-bond acceptors (Lipinski definition) is 6. The van der Waals surface area contributed by atoms with Crippen molar-refractivity contribution in [2.24, 2.45) is 0 Å². The number of aliphatic hydroxyl groups is 1. The van der Waals surface area contributed by atoms with Crippen molar-refractivity contribution in [1.29, 1.82) is 0 Å². The fourth-order valence-electron chi connectivity index (χ4n) is 2.05. The number of nitrogens with one attached hydrogen (secondary N) is 1. The van der Waals surface area contributed by atoms with Crippen molar-refractivity contribution < 1.29 is 22.4 Å². The molecule has 0 saturated carbocycles. The lowest BCUT2D eigenvalue weighted by Gasteiger charge is -2.33. The summed E-state index contributed by atoms with van der Waals surface area (Å²) in [6.07, 6.45) is 0.220. The predicted molar refractivity (Wildman–Crippen MR) is 93.1 cm³/mol. The van der Waals surface area contributed by atoms with E-state index in [1.54, 1.807) is 21.3 Å². The van der Waals surface area contributed by atoms with E-state index in [0.717, 1.165) is 13.0 Å². The van der Waals surface area contributed by atoms with Gasteiger partial charge in [0, 0.05) is 25.4 Å². The second-order valence-corrected chi connectivity index (χ2v) is 7.48. The van der Waals surface area contributed by atoms with E-state index in [-0.39, 0.29) is 0 Å². The standard InChI is InChI=1S/C16H29NO5S/c1-19-23(20-2,21-3)11-7-10-22-14-16(18)13-17-12-15-8-5-4-6-9-15/h4-6,8-9,16-18H,7,10-14H2,1-3H3. The average molecular weight is 347 g/mol. The van der Waals surface area contributed by atoms with Crippen LogP contribution in [-0.4, -0.2) is 58.1 Å². The molecule has 0 spiro atoms. The van der Waals surface area contributed by atoms with Crippen LogP contribution in [0.4, 0.5) is 0 Å². The van der Waals surface area contributed by atoms with Crippen molar-refractivity contribution in [1.82, 2.24) is 5.32 Å². The van der Waals surface area contributed by atoms with Gasteiger partial charge in [-0.3, -0.25) is 12.5 Å². The van der Waals surface area contributed by atoms with Gasteiger partial charge in [-0.05, 0) is 12.0 Å². The molecule has 1 rings (SSSR count). The van der Waals surface area contributed by atoms with Gasteiger partial charge in [0.2, 0.25) is 0 Å². The maximum absolute atomic E-state index is 9.87. The molecule has 0 aromatic heterocycles. The topological polar surface area (TPSA) is 69.2 Å². The van der Waals surface area contributed by atoms with Crippen LogP contribution in [0.3, 0.4) is 0 Å². The van der Waals surface area contributed by atoms with E-state index < -0.39 is 17.0 Å². The number of rotatable bonds is 13. The largest absolute Gasteiger partial charge is 0.389 e. The first-order valence-corrected chi connectivity index (χ1v) is 9.21. The summed E-state index contributed by atoms with van der Waals surface area (Å²) in [5.41, 5.74) is 1.19. The summed E-state index contributed by atoms with van der Waals surface area (Å²) in [6.45, 7) is 2.06. The molecule has 0 radical (unpaired) electrons. The number of benzene rings is 1. The highest BCUT2D eigenvalue weighted by Gasteiger charge is 2.22. The lowest BCUT2D eigenvalue weighted by molar-refractivity contribution is 0.0370. The van der Waals surface area contributed by atoms with Crippen molar-refractivity contribution in [3.63, 3.8) is 0 Å². The molecule has 134 valence electrons. The summed E-state index contributed by atoms with van der Waals surface area (Å²) in [5.74, 6) is 0.638. The minimum atomic E-state index is -1.91. The third-order valence-corrected chi connectivity index (χ3v) is 5.62. The third-order valence-electron chi connectivity index (χ3n) is 3.31. The number of ether oxygens (including phenoxy) is 1. The van der Waals surface area contributed by atoms with Crippen molar-refractivity contribution in [3.05, 3.63) is 35.9 Å². The molecule has 1 aromatic rings. The molecule has 0 aliphatic carbocycles. The van der Waals surface area contributed by atoms with Crippen molar-refractivity contribution in [2.45, 2.75) is 19.1 Å². The molecule has 2 N–H and O–H groups in total. The summed E-state index contributed by atoms with van der Waals surface area (Å²) in [5, 5.41) is 13.1. The van der Waals surface area contributed by atoms with Gasteiger partial charge >= 0.3 is 0 Å². The highest BCUT2D eigenvalue weighted by atomic mass is 32.3. The van der Waals surface area contributed by atoms with E-state index in [4.69, 9.17) is 17.3 Å². The van der Waals surface area contributed by atoms with Crippen LogP contribution in [0.2, 0.25) is 0 Å². The van der Waals surface area contributed by atoms with Crippen LogP contribution in [0.1, 0.15) is 12.0 Å². The molecular weight excluding hydrogens is 318 g/mol. The molecule has 1 aromatic carbocycles. The molecule has 0 aliphatic heterocycles. The second kappa shape index (κ2) is 11.8. The number of aliphatic hydroxyl groups excluding tert-OH is 1. The van der Waals surface area contributed by atoms with Gasteiger partial charge in [-0.15, -0.1) is 0 Å². The smallest absolute Gasteiger partial charge is 0.0897 e. The highest BCUT2D eigenvalue weighted by Crippen LogP contribution is 2.49. The first kappa shape index (κ1) is 20.4. The zero-order valence-electron chi connectivity index (χ0n) is 14.2. The van der Waals surface area contributed by atoms with Crippen LogP contribution in [0.25, 0.3) is 0 Å². The molecule has 23 heavy (non-hydrogen) atoms. The normalized spacial score (nSPS) is 13.9. The second-order valence-electron chi connectivity index (χ2n) is 4.96. The van der Waals surface area contributed by atoms with Gasteiger partial charge in [0.05, 0.1) is 44.9 Å². The Hall–Kier alpha value is -0.670. The van der Waals surface area contributed by atoms with Gasteiger partial charge in [0.25, 0.3) is 0 Å². The molecule has 1 unspecified atom stereocenters. The quantitative estimate of drug-likeness (QED) is 0.532. The summed E-state index contributed by atoms with van der Waals surface area (Å²) >= 11 is 0. The monoisotopic (exact) mass is 347 g/mol. The van der Waals surface area contributed by atoms with Crippen LogP contribution in [-0.2, 0) is 23.8 Å². The van der Waals surface area contributed by atoms with Crippen LogP contribution in [0.5, 0.6) is 0 Å². The Morgan fingerprint density at radius 2 is 1.74 bits per heavy atom. The Labute approximate surface area is 141 Å². The Morgan fingerprint density at radius 1 is 1.09 bits per heavy atom. The van der Waals surface area contributed by atoms with Gasteiger partial charge in [-0.25, -0.2) is 0 Å². The fourth-order valence-corrected chi connectivity index (χ4v) is 3.43. The maximum atomic E-state index is 9.87. The Balaban J connectivity index is 2.06. The van der Waals surface area contributed by atoms with Crippen LogP contribution in [0, 0.1) is 0 Å². The SMILES string of the molecule is COS(CCCOCC(O)CNCc1ccccc1)(OC)OC. The van der Waals surface area contributed by atoms with Crippen LogP contribution < -0.4 is 5.32 Å². The Kier molecular flexibility index (Phi) is 10.5. The fraction of sp³-hybridized carbons (Fsp3) is 0.625. The first-order chi connectivity index (χ1) is 11.2. The van der Waals surface area contributed by atoms with Crippen molar-refractivity contribution in [2.75, 3.05) is 46.8 Å². The summed E-state index contributed by atoms with van der Waals surface area (Å²) in [6, 6.07) is 10.1. The molecule has 0 fully saturated rings. The molecule has 1 atom stereocenters. The van der Waals surface area contributed by atoms with E-state index in [1.807, 2.05) is 30.3 Å².